The molecule has 0 aliphatic rings. The van der Waals surface area contributed by atoms with Gasteiger partial charge in [0.25, 0.3) is 15.0 Å². The van der Waals surface area contributed by atoms with Gasteiger partial charge in [0.1, 0.15) is 5.82 Å². The van der Waals surface area contributed by atoms with Crippen LogP contribution >= 0.6 is 26.6 Å². The Hall–Kier alpha value is -0.660. The molecule has 1 N–H and O–H groups in total. The van der Waals surface area contributed by atoms with Gasteiger partial charge in [-0.05, 0) is 34.0 Å². The van der Waals surface area contributed by atoms with Gasteiger partial charge in [0.05, 0.1) is 10.5 Å². The number of benzene rings is 1. The molecule has 0 fully saturated rings. The second-order valence-electron chi connectivity index (χ2n) is 4.30. The fourth-order valence-corrected chi connectivity index (χ4v) is 3.45. The Morgan fingerprint density at radius 2 is 2.05 bits per heavy atom. The summed E-state index contributed by atoms with van der Waals surface area (Å²) in [7, 11) is 1.15. The lowest BCUT2D eigenvalue weighted by Gasteiger charge is -2.10. The summed E-state index contributed by atoms with van der Waals surface area (Å²) in [6, 6.07) is 1.82. The number of carbonyl (C=O) groups excluding carboxylic acids is 1. The SMILES string of the molecule is CC(C)CNC(=O)c1cc(S(=O)(=O)Cl)c(Br)cc1F. The van der Waals surface area contributed by atoms with Gasteiger partial charge in [-0.15, -0.1) is 0 Å². The van der Waals surface area contributed by atoms with Crippen LogP contribution in [0.15, 0.2) is 21.5 Å². The van der Waals surface area contributed by atoms with Gasteiger partial charge in [-0.1, -0.05) is 13.8 Å². The van der Waals surface area contributed by atoms with Gasteiger partial charge in [0.15, 0.2) is 0 Å². The third-order valence-electron chi connectivity index (χ3n) is 2.20. The highest BCUT2D eigenvalue weighted by atomic mass is 79.9. The normalized spacial score (nSPS) is 11.7. The first-order chi connectivity index (χ1) is 8.62. The molecule has 0 saturated carbocycles. The fourth-order valence-electron chi connectivity index (χ4n) is 1.28. The van der Waals surface area contributed by atoms with Crippen molar-refractivity contribution in [3.05, 3.63) is 28.0 Å². The molecule has 8 heteroatoms. The minimum Gasteiger partial charge on any atom is -0.352 e. The standard InChI is InChI=1S/C11H12BrClFNO3S/c1-6(2)5-15-11(16)7-3-10(19(13,17)18)8(12)4-9(7)14/h3-4,6H,5H2,1-2H3,(H,15,16). The van der Waals surface area contributed by atoms with Gasteiger partial charge in [0, 0.05) is 21.7 Å². The van der Waals surface area contributed by atoms with E-state index in [-0.39, 0.29) is 20.8 Å². The van der Waals surface area contributed by atoms with E-state index in [1.165, 1.54) is 0 Å². The molecule has 0 spiro atoms. The molecule has 1 aromatic carbocycles. The van der Waals surface area contributed by atoms with Crippen LogP contribution in [0.3, 0.4) is 0 Å². The molecule has 0 radical (unpaired) electrons. The first-order valence-corrected chi connectivity index (χ1v) is 8.45. The highest BCUT2D eigenvalue weighted by molar-refractivity contribution is 9.10. The lowest BCUT2D eigenvalue weighted by molar-refractivity contribution is 0.0944. The van der Waals surface area contributed by atoms with E-state index >= 15 is 0 Å². The van der Waals surface area contributed by atoms with Crippen LogP contribution in [-0.2, 0) is 9.05 Å². The summed E-state index contributed by atoms with van der Waals surface area (Å²) in [6.07, 6.45) is 0. The Morgan fingerprint density at radius 3 is 2.53 bits per heavy atom. The third kappa shape index (κ3) is 4.43. The summed E-state index contributed by atoms with van der Waals surface area (Å²) in [5, 5.41) is 2.51. The van der Waals surface area contributed by atoms with Crippen LogP contribution < -0.4 is 5.32 Å². The zero-order valence-corrected chi connectivity index (χ0v) is 13.4. The quantitative estimate of drug-likeness (QED) is 0.827. The van der Waals surface area contributed by atoms with E-state index in [1.807, 2.05) is 13.8 Å². The van der Waals surface area contributed by atoms with Crippen molar-refractivity contribution in [2.75, 3.05) is 6.54 Å². The van der Waals surface area contributed by atoms with Gasteiger partial charge >= 0.3 is 0 Å². The number of hydrogen-bond donors (Lipinski definition) is 1. The minimum atomic E-state index is -4.06. The van der Waals surface area contributed by atoms with E-state index in [0.717, 1.165) is 12.1 Å². The second-order valence-corrected chi connectivity index (χ2v) is 7.69. The molecule has 19 heavy (non-hydrogen) atoms. The van der Waals surface area contributed by atoms with E-state index in [1.54, 1.807) is 0 Å². The Morgan fingerprint density at radius 1 is 1.47 bits per heavy atom. The Labute approximate surface area is 123 Å². The van der Waals surface area contributed by atoms with Crippen molar-refractivity contribution in [3.63, 3.8) is 0 Å². The summed E-state index contributed by atoms with van der Waals surface area (Å²) in [5.74, 6) is -1.31. The molecular weight excluding hydrogens is 361 g/mol. The number of carbonyl (C=O) groups is 1. The van der Waals surface area contributed by atoms with Gasteiger partial charge in [0.2, 0.25) is 0 Å². The van der Waals surface area contributed by atoms with E-state index in [4.69, 9.17) is 10.7 Å². The van der Waals surface area contributed by atoms with Gasteiger partial charge < -0.3 is 5.32 Å². The number of hydrogen-bond acceptors (Lipinski definition) is 3. The third-order valence-corrected chi connectivity index (χ3v) is 4.48. The van der Waals surface area contributed by atoms with Gasteiger partial charge in [-0.3, -0.25) is 4.79 Å². The van der Waals surface area contributed by atoms with Crippen LogP contribution in [0.1, 0.15) is 24.2 Å². The lowest BCUT2D eigenvalue weighted by atomic mass is 10.1. The molecule has 0 aliphatic carbocycles. The fraction of sp³-hybridized carbons (Fsp3) is 0.364. The summed E-state index contributed by atoms with van der Waals surface area (Å²) < 4.78 is 36.2. The second kappa shape index (κ2) is 6.19. The van der Waals surface area contributed by atoms with Crippen molar-refractivity contribution in [2.24, 2.45) is 5.92 Å². The first kappa shape index (κ1) is 16.4. The van der Waals surface area contributed by atoms with Crippen molar-refractivity contribution in [1.82, 2.24) is 5.32 Å². The highest BCUT2D eigenvalue weighted by Gasteiger charge is 2.21. The number of halogens is 3. The molecule has 1 aromatic rings. The van der Waals surface area contributed by atoms with Gasteiger partial charge in [-0.25, -0.2) is 12.8 Å². The number of amides is 1. The van der Waals surface area contributed by atoms with Crippen LogP contribution in [0, 0.1) is 11.7 Å². The van der Waals surface area contributed by atoms with Crippen molar-refractivity contribution in [3.8, 4) is 0 Å². The minimum absolute atomic E-state index is 0.0274. The molecule has 4 nitrogen and oxygen atoms in total. The van der Waals surface area contributed by atoms with Crippen LogP contribution in [0.4, 0.5) is 4.39 Å². The van der Waals surface area contributed by atoms with E-state index in [0.29, 0.717) is 6.54 Å². The molecule has 0 atom stereocenters. The Balaban J connectivity index is 3.19. The van der Waals surface area contributed by atoms with Crippen molar-refractivity contribution < 1.29 is 17.6 Å². The average Bonchev–Trinajstić information content (AvgIpc) is 2.24. The van der Waals surface area contributed by atoms with Crippen molar-refractivity contribution in [1.29, 1.82) is 0 Å². The molecule has 0 aromatic heterocycles. The van der Waals surface area contributed by atoms with Crippen LogP contribution in [0.2, 0.25) is 0 Å². The van der Waals surface area contributed by atoms with Crippen LogP contribution in [0.5, 0.6) is 0 Å². The smallest absolute Gasteiger partial charge is 0.262 e. The lowest BCUT2D eigenvalue weighted by Crippen LogP contribution is -2.28. The molecule has 0 bridgehead atoms. The maximum absolute atomic E-state index is 13.7. The highest BCUT2D eigenvalue weighted by Crippen LogP contribution is 2.28. The van der Waals surface area contributed by atoms with Crippen LogP contribution in [-0.4, -0.2) is 20.9 Å². The topological polar surface area (TPSA) is 63.2 Å². The molecule has 106 valence electrons. The zero-order valence-electron chi connectivity index (χ0n) is 10.2. The Kier molecular flexibility index (Phi) is 5.34. The number of nitrogens with one attached hydrogen (secondary N) is 1. The van der Waals surface area contributed by atoms with Gasteiger partial charge in [-0.2, -0.15) is 0 Å². The Bertz CT molecular complexity index is 604. The van der Waals surface area contributed by atoms with Crippen molar-refractivity contribution >= 4 is 41.6 Å². The van der Waals surface area contributed by atoms with Crippen molar-refractivity contribution in [2.45, 2.75) is 18.7 Å². The molecule has 1 amide bonds. The van der Waals surface area contributed by atoms with E-state index in [9.17, 15) is 17.6 Å². The predicted octanol–water partition coefficient (Wildman–Crippen LogP) is 2.90. The zero-order chi connectivity index (χ0) is 14.8. The number of rotatable bonds is 4. The largest absolute Gasteiger partial charge is 0.352 e. The first-order valence-electron chi connectivity index (χ1n) is 5.35. The summed E-state index contributed by atoms with van der Waals surface area (Å²) in [4.78, 5) is 11.4. The summed E-state index contributed by atoms with van der Waals surface area (Å²) >= 11 is 2.89. The maximum Gasteiger partial charge on any atom is 0.262 e. The summed E-state index contributed by atoms with van der Waals surface area (Å²) in [5.41, 5.74) is -0.358. The molecule has 1 rings (SSSR count). The molecule has 0 aliphatic heterocycles. The van der Waals surface area contributed by atoms with Crippen LogP contribution in [0.25, 0.3) is 0 Å². The molecule has 0 saturated heterocycles. The monoisotopic (exact) mass is 371 g/mol. The summed E-state index contributed by atoms with van der Waals surface area (Å²) in [6.45, 7) is 4.12. The maximum atomic E-state index is 13.7. The molecule has 0 unspecified atom stereocenters. The molecule has 0 heterocycles. The molecular formula is C11H12BrClFNO3S. The predicted molar refractivity (Wildman–Crippen MR) is 74.3 cm³/mol. The average molecular weight is 373 g/mol. The van der Waals surface area contributed by atoms with E-state index in [2.05, 4.69) is 21.2 Å². The van der Waals surface area contributed by atoms with E-state index < -0.39 is 20.8 Å².